The minimum atomic E-state index is -0.943. The molecule has 0 aliphatic carbocycles. The summed E-state index contributed by atoms with van der Waals surface area (Å²) in [5.41, 5.74) is 0.0690. The Balaban J connectivity index is 2.65. The first-order valence-corrected chi connectivity index (χ1v) is 8.15. The van der Waals surface area contributed by atoms with E-state index in [9.17, 15) is 9.90 Å². The van der Waals surface area contributed by atoms with Crippen LogP contribution in [0.25, 0.3) is 0 Å². The molecule has 0 amide bonds. The lowest BCUT2D eigenvalue weighted by Gasteiger charge is -2.28. The van der Waals surface area contributed by atoms with E-state index in [1.807, 2.05) is 24.3 Å². The minimum Gasteiger partial charge on any atom is -0.480 e. The standard InChI is InChI=1S/C16H25BrN2O2/c1-4-19(5-2)11-10-18-16(3,15(20)21)12-13-6-8-14(17)9-7-13/h6-9,18H,4-5,10-12H2,1-3H3,(H,20,21). The van der Waals surface area contributed by atoms with Crippen LogP contribution >= 0.6 is 15.9 Å². The van der Waals surface area contributed by atoms with Crippen LogP contribution in [0.15, 0.2) is 28.7 Å². The first-order valence-electron chi connectivity index (χ1n) is 7.36. The first kappa shape index (κ1) is 18.1. The Hall–Kier alpha value is -0.910. The molecule has 4 nitrogen and oxygen atoms in total. The Labute approximate surface area is 135 Å². The highest BCUT2D eigenvalue weighted by molar-refractivity contribution is 9.10. The highest BCUT2D eigenvalue weighted by Crippen LogP contribution is 2.17. The minimum absolute atomic E-state index is 0.466. The van der Waals surface area contributed by atoms with Crippen molar-refractivity contribution >= 4 is 21.9 Å². The van der Waals surface area contributed by atoms with Gasteiger partial charge in [-0.2, -0.15) is 0 Å². The van der Waals surface area contributed by atoms with E-state index in [0.29, 0.717) is 13.0 Å². The molecule has 0 saturated heterocycles. The monoisotopic (exact) mass is 356 g/mol. The molecule has 0 heterocycles. The summed E-state index contributed by atoms with van der Waals surface area (Å²) in [5.74, 6) is -0.815. The van der Waals surface area contributed by atoms with Crippen molar-refractivity contribution < 1.29 is 9.90 Å². The van der Waals surface area contributed by atoms with Gasteiger partial charge in [0.2, 0.25) is 0 Å². The molecule has 118 valence electrons. The van der Waals surface area contributed by atoms with Crippen molar-refractivity contribution in [3.63, 3.8) is 0 Å². The Morgan fingerprint density at radius 3 is 2.33 bits per heavy atom. The zero-order chi connectivity index (χ0) is 15.9. The summed E-state index contributed by atoms with van der Waals surface area (Å²) >= 11 is 3.39. The van der Waals surface area contributed by atoms with E-state index >= 15 is 0 Å². The van der Waals surface area contributed by atoms with Crippen molar-refractivity contribution in [2.24, 2.45) is 0 Å². The largest absolute Gasteiger partial charge is 0.480 e. The maximum atomic E-state index is 11.6. The molecule has 0 spiro atoms. The number of nitrogens with zero attached hydrogens (tertiary/aromatic N) is 1. The highest BCUT2D eigenvalue weighted by atomic mass is 79.9. The van der Waals surface area contributed by atoms with Crippen molar-refractivity contribution in [1.29, 1.82) is 0 Å². The van der Waals surface area contributed by atoms with E-state index in [-0.39, 0.29) is 0 Å². The fourth-order valence-electron chi connectivity index (χ4n) is 2.25. The van der Waals surface area contributed by atoms with Crippen LogP contribution in [0.5, 0.6) is 0 Å². The van der Waals surface area contributed by atoms with E-state index in [2.05, 4.69) is 40.0 Å². The number of benzene rings is 1. The molecule has 1 aromatic carbocycles. The van der Waals surface area contributed by atoms with Gasteiger partial charge in [-0.25, -0.2) is 0 Å². The zero-order valence-electron chi connectivity index (χ0n) is 13.0. The number of halogens is 1. The second-order valence-electron chi connectivity index (χ2n) is 5.39. The Morgan fingerprint density at radius 1 is 1.29 bits per heavy atom. The molecular formula is C16H25BrN2O2. The van der Waals surface area contributed by atoms with Crippen molar-refractivity contribution in [2.45, 2.75) is 32.7 Å². The van der Waals surface area contributed by atoms with Crippen LogP contribution < -0.4 is 5.32 Å². The number of carbonyl (C=O) groups is 1. The summed E-state index contributed by atoms with van der Waals surface area (Å²) in [7, 11) is 0. The van der Waals surface area contributed by atoms with Crippen LogP contribution in [0.4, 0.5) is 0 Å². The van der Waals surface area contributed by atoms with Crippen molar-refractivity contribution in [2.75, 3.05) is 26.2 Å². The van der Waals surface area contributed by atoms with Crippen LogP contribution in [0.1, 0.15) is 26.3 Å². The van der Waals surface area contributed by atoms with Gasteiger partial charge in [0.25, 0.3) is 0 Å². The van der Waals surface area contributed by atoms with Gasteiger partial charge in [-0.3, -0.25) is 4.79 Å². The maximum absolute atomic E-state index is 11.6. The van der Waals surface area contributed by atoms with E-state index in [0.717, 1.165) is 29.7 Å². The lowest BCUT2D eigenvalue weighted by Crippen LogP contribution is -2.53. The maximum Gasteiger partial charge on any atom is 0.323 e. The molecule has 0 fully saturated rings. The quantitative estimate of drug-likeness (QED) is 0.714. The summed E-state index contributed by atoms with van der Waals surface area (Å²) in [6.07, 6.45) is 0.466. The zero-order valence-corrected chi connectivity index (χ0v) is 14.6. The molecule has 1 aromatic rings. The number of rotatable bonds is 9. The SMILES string of the molecule is CCN(CC)CCNC(C)(Cc1ccc(Br)cc1)C(=O)O. The van der Waals surface area contributed by atoms with Gasteiger partial charge >= 0.3 is 5.97 Å². The van der Waals surface area contributed by atoms with E-state index < -0.39 is 11.5 Å². The first-order chi connectivity index (χ1) is 9.91. The summed E-state index contributed by atoms with van der Waals surface area (Å²) in [6.45, 7) is 9.46. The van der Waals surface area contributed by atoms with Gasteiger partial charge in [-0.15, -0.1) is 0 Å². The van der Waals surface area contributed by atoms with E-state index in [4.69, 9.17) is 0 Å². The van der Waals surface area contributed by atoms with Gasteiger partial charge < -0.3 is 15.3 Å². The molecule has 2 N–H and O–H groups in total. The number of carboxylic acid groups (broad SMARTS) is 1. The number of likely N-dealkylation sites (N-methyl/N-ethyl adjacent to an activating group) is 1. The lowest BCUT2D eigenvalue weighted by atomic mass is 9.93. The second kappa shape index (κ2) is 8.51. The molecule has 21 heavy (non-hydrogen) atoms. The van der Waals surface area contributed by atoms with Gasteiger partial charge in [-0.1, -0.05) is 41.9 Å². The van der Waals surface area contributed by atoms with Crippen LogP contribution in [-0.4, -0.2) is 47.7 Å². The van der Waals surface area contributed by atoms with Gasteiger partial charge in [0, 0.05) is 24.0 Å². The third-order valence-corrected chi connectivity index (χ3v) is 4.31. The predicted octanol–water partition coefficient (Wildman–Crippen LogP) is 2.77. The summed E-state index contributed by atoms with van der Waals surface area (Å²) in [4.78, 5) is 13.9. The van der Waals surface area contributed by atoms with Crippen LogP contribution in [0.3, 0.4) is 0 Å². The van der Waals surface area contributed by atoms with E-state index in [1.54, 1.807) is 6.92 Å². The molecule has 1 atom stereocenters. The number of carboxylic acids is 1. The summed E-state index contributed by atoms with van der Waals surface area (Å²) < 4.78 is 0.998. The molecule has 5 heteroatoms. The molecule has 0 aliphatic heterocycles. The Bertz CT molecular complexity index is 446. The third kappa shape index (κ3) is 5.77. The van der Waals surface area contributed by atoms with Crippen LogP contribution in [-0.2, 0) is 11.2 Å². The molecule has 1 rings (SSSR count). The number of hydrogen-bond acceptors (Lipinski definition) is 3. The topological polar surface area (TPSA) is 52.6 Å². The molecule has 1 unspecified atom stereocenters. The van der Waals surface area contributed by atoms with Crippen molar-refractivity contribution in [3.05, 3.63) is 34.3 Å². The van der Waals surface area contributed by atoms with Gasteiger partial charge in [0.05, 0.1) is 0 Å². The normalized spacial score (nSPS) is 14.1. The average Bonchev–Trinajstić information content (AvgIpc) is 2.46. The molecule has 0 radical (unpaired) electrons. The van der Waals surface area contributed by atoms with E-state index in [1.165, 1.54) is 0 Å². The molecule has 0 bridgehead atoms. The second-order valence-corrected chi connectivity index (χ2v) is 6.31. The number of hydrogen-bond donors (Lipinski definition) is 2. The Kier molecular flexibility index (Phi) is 7.35. The van der Waals surface area contributed by atoms with Crippen LogP contribution in [0.2, 0.25) is 0 Å². The van der Waals surface area contributed by atoms with Gasteiger partial charge in [0.15, 0.2) is 0 Å². The number of aliphatic carboxylic acids is 1. The third-order valence-electron chi connectivity index (χ3n) is 3.78. The molecule has 0 saturated carbocycles. The Morgan fingerprint density at radius 2 is 1.86 bits per heavy atom. The summed E-state index contributed by atoms with van der Waals surface area (Å²) in [5, 5.41) is 12.7. The molecule has 0 aromatic heterocycles. The molecular weight excluding hydrogens is 332 g/mol. The lowest BCUT2D eigenvalue weighted by molar-refractivity contribution is -0.144. The van der Waals surface area contributed by atoms with Gasteiger partial charge in [0.1, 0.15) is 5.54 Å². The van der Waals surface area contributed by atoms with Crippen LogP contribution in [0, 0.1) is 0 Å². The summed E-state index contributed by atoms with van der Waals surface area (Å²) in [6, 6.07) is 7.79. The fourth-order valence-corrected chi connectivity index (χ4v) is 2.52. The average molecular weight is 357 g/mol. The molecule has 0 aliphatic rings. The number of nitrogens with one attached hydrogen (secondary N) is 1. The highest BCUT2D eigenvalue weighted by Gasteiger charge is 2.32. The van der Waals surface area contributed by atoms with Crippen molar-refractivity contribution in [1.82, 2.24) is 10.2 Å². The predicted molar refractivity (Wildman–Crippen MR) is 89.7 cm³/mol. The fraction of sp³-hybridized carbons (Fsp3) is 0.562. The van der Waals surface area contributed by atoms with Crippen molar-refractivity contribution in [3.8, 4) is 0 Å². The smallest absolute Gasteiger partial charge is 0.323 e. The van der Waals surface area contributed by atoms with Gasteiger partial charge in [-0.05, 0) is 37.7 Å².